The number of hydrogen-bond acceptors (Lipinski definition) is 3. The lowest BCUT2D eigenvalue weighted by atomic mass is 10.1. The first-order valence-electron chi connectivity index (χ1n) is 10.8. The highest BCUT2D eigenvalue weighted by Gasteiger charge is 2.08. The van der Waals surface area contributed by atoms with Crippen molar-refractivity contribution < 1.29 is 4.79 Å². The summed E-state index contributed by atoms with van der Waals surface area (Å²) in [6, 6.07) is 16.3. The van der Waals surface area contributed by atoms with Gasteiger partial charge in [0.25, 0.3) is 5.91 Å². The zero-order valence-electron chi connectivity index (χ0n) is 19.7. The van der Waals surface area contributed by atoms with Gasteiger partial charge in [-0.05, 0) is 42.2 Å². The minimum atomic E-state index is 0. The van der Waals surface area contributed by atoms with Gasteiger partial charge in [0.2, 0.25) is 0 Å². The molecule has 0 bridgehead atoms. The summed E-state index contributed by atoms with van der Waals surface area (Å²) >= 11 is 0. The first-order valence-corrected chi connectivity index (χ1v) is 10.8. The van der Waals surface area contributed by atoms with Gasteiger partial charge in [-0.3, -0.25) is 9.79 Å². The zero-order chi connectivity index (χ0) is 22.9. The number of guanidine groups is 1. The summed E-state index contributed by atoms with van der Waals surface area (Å²) in [6.07, 6.45) is 4.62. The lowest BCUT2D eigenvalue weighted by Gasteiger charge is -2.14. The molecular weight excluding hydrogens is 527 g/mol. The molecule has 176 valence electrons. The van der Waals surface area contributed by atoms with Gasteiger partial charge in [0.1, 0.15) is 5.82 Å². The molecule has 1 aromatic heterocycles. The van der Waals surface area contributed by atoms with E-state index in [1.54, 1.807) is 26.0 Å². The maximum atomic E-state index is 12.2. The molecule has 7 nitrogen and oxygen atoms in total. The Morgan fingerprint density at radius 1 is 1.06 bits per heavy atom. The van der Waals surface area contributed by atoms with Crippen molar-refractivity contribution in [2.45, 2.75) is 26.4 Å². The third-order valence-electron chi connectivity index (χ3n) is 5.24. The van der Waals surface area contributed by atoms with Gasteiger partial charge >= 0.3 is 0 Å². The summed E-state index contributed by atoms with van der Waals surface area (Å²) in [5.41, 5.74) is 4.25. The van der Waals surface area contributed by atoms with Crippen molar-refractivity contribution in [1.29, 1.82) is 0 Å². The first kappa shape index (κ1) is 26.4. The highest BCUT2D eigenvalue weighted by atomic mass is 127. The second kappa shape index (κ2) is 13.0. The molecule has 0 radical (unpaired) electrons. The van der Waals surface area contributed by atoms with Crippen molar-refractivity contribution >= 4 is 35.8 Å². The molecule has 0 aliphatic heterocycles. The van der Waals surface area contributed by atoms with Gasteiger partial charge in [-0.1, -0.05) is 36.4 Å². The molecule has 2 aromatic carbocycles. The molecule has 0 aliphatic carbocycles. The molecule has 1 heterocycles. The Balaban J connectivity index is 0.00000385. The van der Waals surface area contributed by atoms with E-state index < -0.39 is 0 Å². The number of halogens is 1. The predicted molar refractivity (Wildman–Crippen MR) is 144 cm³/mol. The van der Waals surface area contributed by atoms with Gasteiger partial charge in [0.15, 0.2) is 5.96 Å². The summed E-state index contributed by atoms with van der Waals surface area (Å²) in [4.78, 5) is 22.3. The number of amides is 1. The van der Waals surface area contributed by atoms with Gasteiger partial charge in [-0.2, -0.15) is 0 Å². The molecule has 33 heavy (non-hydrogen) atoms. The number of nitrogens with zero attached hydrogens (tertiary/aromatic N) is 4. The van der Waals surface area contributed by atoms with Crippen LogP contribution < -0.4 is 10.6 Å². The molecule has 0 aliphatic rings. The third-order valence-corrected chi connectivity index (χ3v) is 5.24. The van der Waals surface area contributed by atoms with E-state index in [1.165, 1.54) is 11.1 Å². The molecule has 3 aromatic rings. The number of hydrogen-bond donors (Lipinski definition) is 2. The lowest BCUT2D eigenvalue weighted by Crippen LogP contribution is -2.37. The number of rotatable bonds is 8. The fraction of sp³-hybridized carbons (Fsp3) is 0.320. The fourth-order valence-corrected chi connectivity index (χ4v) is 3.46. The van der Waals surface area contributed by atoms with E-state index in [9.17, 15) is 4.79 Å². The van der Waals surface area contributed by atoms with Crippen molar-refractivity contribution in [3.63, 3.8) is 0 Å². The van der Waals surface area contributed by atoms with Crippen LogP contribution in [0.2, 0.25) is 0 Å². The fourth-order valence-electron chi connectivity index (χ4n) is 3.46. The number of carbonyl (C=O) groups is 1. The maximum Gasteiger partial charge on any atom is 0.253 e. The van der Waals surface area contributed by atoms with Gasteiger partial charge in [0, 0.05) is 58.7 Å². The Labute approximate surface area is 213 Å². The summed E-state index contributed by atoms with van der Waals surface area (Å²) in [5, 5.41) is 6.72. The Kier molecular flexibility index (Phi) is 10.4. The molecule has 0 atom stereocenters. The van der Waals surface area contributed by atoms with Gasteiger partial charge in [-0.15, -0.1) is 24.0 Å². The van der Waals surface area contributed by atoms with Crippen LogP contribution in [0.15, 0.2) is 65.9 Å². The Morgan fingerprint density at radius 2 is 1.79 bits per heavy atom. The predicted octanol–water partition coefficient (Wildman–Crippen LogP) is 3.47. The van der Waals surface area contributed by atoms with Crippen molar-refractivity contribution in [1.82, 2.24) is 25.1 Å². The van der Waals surface area contributed by atoms with E-state index >= 15 is 0 Å². The SMILES string of the molecule is CN=C(NCCc1cccc(C(=O)N(C)C)c1)NCc1cccc(Cn2ccnc2C)c1.I. The number of aromatic nitrogens is 2. The minimum Gasteiger partial charge on any atom is -0.356 e. The van der Waals surface area contributed by atoms with Crippen LogP contribution in [0.4, 0.5) is 0 Å². The Bertz CT molecular complexity index is 1080. The largest absolute Gasteiger partial charge is 0.356 e. The number of imidazole rings is 1. The number of nitrogens with one attached hydrogen (secondary N) is 2. The van der Waals surface area contributed by atoms with Crippen LogP contribution >= 0.6 is 24.0 Å². The van der Waals surface area contributed by atoms with E-state index in [4.69, 9.17) is 0 Å². The first-order chi connectivity index (χ1) is 15.5. The van der Waals surface area contributed by atoms with E-state index in [0.29, 0.717) is 12.1 Å². The third kappa shape index (κ3) is 7.88. The Hall–Kier alpha value is -2.88. The monoisotopic (exact) mass is 560 g/mol. The molecule has 0 saturated heterocycles. The highest BCUT2D eigenvalue weighted by Crippen LogP contribution is 2.09. The van der Waals surface area contributed by atoms with Crippen LogP contribution in [0.5, 0.6) is 0 Å². The highest BCUT2D eigenvalue weighted by molar-refractivity contribution is 14.0. The molecule has 2 N–H and O–H groups in total. The second-order valence-corrected chi connectivity index (χ2v) is 7.92. The normalized spacial score (nSPS) is 11.0. The van der Waals surface area contributed by atoms with Crippen LogP contribution in [0, 0.1) is 6.92 Å². The number of benzene rings is 2. The van der Waals surface area contributed by atoms with Gasteiger partial charge < -0.3 is 20.1 Å². The second-order valence-electron chi connectivity index (χ2n) is 7.92. The Morgan fingerprint density at radius 3 is 2.48 bits per heavy atom. The van der Waals surface area contributed by atoms with Crippen LogP contribution in [0.1, 0.15) is 32.9 Å². The average Bonchev–Trinajstić information content (AvgIpc) is 3.20. The average molecular weight is 560 g/mol. The lowest BCUT2D eigenvalue weighted by molar-refractivity contribution is 0.0827. The van der Waals surface area contributed by atoms with Crippen LogP contribution in [-0.2, 0) is 19.5 Å². The smallest absolute Gasteiger partial charge is 0.253 e. The standard InChI is InChI=1S/C25H32N6O.HI/c1-19-27-13-14-31(19)18-22-9-5-8-21(15-22)17-29-25(26-2)28-12-11-20-7-6-10-23(16-20)24(32)30(3)4;/h5-10,13-16H,11-12,17-18H2,1-4H3,(H2,26,28,29);1H. The molecular formula is C25H33IN6O. The van der Waals surface area contributed by atoms with Crippen molar-refractivity contribution in [2.24, 2.45) is 4.99 Å². The minimum absolute atomic E-state index is 0. The van der Waals surface area contributed by atoms with Gasteiger partial charge in [0.05, 0.1) is 0 Å². The quantitative estimate of drug-likeness (QED) is 0.252. The van der Waals surface area contributed by atoms with E-state index in [0.717, 1.165) is 36.9 Å². The maximum absolute atomic E-state index is 12.2. The molecule has 0 unspecified atom stereocenters. The molecule has 8 heteroatoms. The van der Waals surface area contributed by atoms with E-state index in [2.05, 4.69) is 49.4 Å². The molecule has 1 amide bonds. The summed E-state index contributed by atoms with van der Waals surface area (Å²) < 4.78 is 2.13. The van der Waals surface area contributed by atoms with Gasteiger partial charge in [-0.25, -0.2) is 4.98 Å². The van der Waals surface area contributed by atoms with Crippen molar-refractivity contribution in [3.05, 3.63) is 89.0 Å². The summed E-state index contributed by atoms with van der Waals surface area (Å²) in [6.45, 7) is 4.22. The number of aliphatic imine (C=N–C) groups is 1. The summed E-state index contributed by atoms with van der Waals surface area (Å²) in [5.74, 6) is 1.78. The summed E-state index contributed by atoms with van der Waals surface area (Å²) in [7, 11) is 5.30. The van der Waals surface area contributed by atoms with Crippen molar-refractivity contribution in [2.75, 3.05) is 27.7 Å². The van der Waals surface area contributed by atoms with Crippen LogP contribution in [0.25, 0.3) is 0 Å². The molecule has 0 saturated carbocycles. The molecule has 3 rings (SSSR count). The number of aryl methyl sites for hydroxylation is 1. The van der Waals surface area contributed by atoms with E-state index in [-0.39, 0.29) is 29.9 Å². The van der Waals surface area contributed by atoms with Crippen LogP contribution in [-0.4, -0.2) is 54.0 Å². The number of carbonyl (C=O) groups excluding carboxylic acids is 1. The topological polar surface area (TPSA) is 74.6 Å². The molecule has 0 fully saturated rings. The van der Waals surface area contributed by atoms with Crippen LogP contribution in [0.3, 0.4) is 0 Å². The zero-order valence-corrected chi connectivity index (χ0v) is 22.0. The van der Waals surface area contributed by atoms with E-state index in [1.807, 2.05) is 43.6 Å². The molecule has 0 spiro atoms. The van der Waals surface area contributed by atoms with Crippen molar-refractivity contribution in [3.8, 4) is 0 Å².